The van der Waals surface area contributed by atoms with E-state index in [9.17, 15) is 13.2 Å². The molecule has 1 saturated heterocycles. The first-order valence-corrected chi connectivity index (χ1v) is 8.00. The highest BCUT2D eigenvalue weighted by molar-refractivity contribution is 5.56. The van der Waals surface area contributed by atoms with Crippen molar-refractivity contribution < 1.29 is 17.9 Å². The van der Waals surface area contributed by atoms with Gasteiger partial charge >= 0.3 is 6.18 Å². The Hall–Kier alpha value is -1.50. The van der Waals surface area contributed by atoms with Crippen molar-refractivity contribution in [3.63, 3.8) is 0 Å². The minimum absolute atomic E-state index is 0.138. The van der Waals surface area contributed by atoms with Gasteiger partial charge in [-0.1, -0.05) is 0 Å². The summed E-state index contributed by atoms with van der Waals surface area (Å²) in [4.78, 5) is 8.60. The Morgan fingerprint density at radius 3 is 2.70 bits per heavy atom. The van der Waals surface area contributed by atoms with Gasteiger partial charge in [0.25, 0.3) is 0 Å². The zero-order valence-corrected chi connectivity index (χ0v) is 13.6. The molecule has 23 heavy (non-hydrogen) atoms. The van der Waals surface area contributed by atoms with Crippen molar-refractivity contribution in [3.05, 3.63) is 17.8 Å². The molecule has 0 radical (unpaired) electrons. The molecule has 3 rings (SSSR count). The lowest BCUT2D eigenvalue weighted by atomic mass is 10.0. The fourth-order valence-corrected chi connectivity index (χ4v) is 3.37. The molecule has 0 unspecified atom stereocenters. The molecule has 0 bridgehead atoms. The highest BCUT2D eigenvalue weighted by atomic mass is 19.4. The van der Waals surface area contributed by atoms with Crippen molar-refractivity contribution in [1.29, 1.82) is 0 Å². The highest BCUT2D eigenvalue weighted by Crippen LogP contribution is 2.39. The fraction of sp³-hybridized carbons (Fsp3) is 0.688. The molecular weight excluding hydrogens is 307 g/mol. The number of pyridine rings is 1. The number of alkyl halides is 3. The monoisotopic (exact) mass is 329 g/mol. The minimum atomic E-state index is -4.41. The maximum atomic E-state index is 12.9. The molecule has 0 saturated carbocycles. The molecule has 0 amide bonds. The van der Waals surface area contributed by atoms with Gasteiger partial charge in [-0.05, 0) is 26.8 Å². The zero-order chi connectivity index (χ0) is 16.8. The normalized spacial score (nSPS) is 25.6. The van der Waals surface area contributed by atoms with Crippen molar-refractivity contribution in [2.75, 3.05) is 24.5 Å². The molecule has 0 N–H and O–H groups in total. The van der Waals surface area contributed by atoms with Gasteiger partial charge < -0.3 is 9.64 Å². The topological polar surface area (TPSA) is 28.6 Å². The van der Waals surface area contributed by atoms with E-state index < -0.39 is 11.7 Å². The average Bonchev–Trinajstić information content (AvgIpc) is 2.59. The Morgan fingerprint density at radius 1 is 1.30 bits per heavy atom. The van der Waals surface area contributed by atoms with E-state index in [-0.39, 0.29) is 17.9 Å². The van der Waals surface area contributed by atoms with Crippen molar-refractivity contribution >= 4 is 5.82 Å². The van der Waals surface area contributed by atoms with Crippen molar-refractivity contribution in [2.45, 2.75) is 51.6 Å². The van der Waals surface area contributed by atoms with Crippen LogP contribution in [0.2, 0.25) is 0 Å². The second-order valence-corrected chi connectivity index (χ2v) is 6.64. The number of aromatic nitrogens is 1. The first kappa shape index (κ1) is 16.4. The van der Waals surface area contributed by atoms with Gasteiger partial charge in [-0.25, -0.2) is 4.98 Å². The molecule has 1 aromatic rings. The van der Waals surface area contributed by atoms with Gasteiger partial charge in [-0.2, -0.15) is 13.2 Å². The third-order valence-electron chi connectivity index (χ3n) is 4.61. The van der Waals surface area contributed by atoms with E-state index in [4.69, 9.17) is 4.74 Å². The molecule has 2 aliphatic rings. The predicted octanol–water partition coefficient (Wildman–Crippen LogP) is 3.17. The Morgan fingerprint density at radius 2 is 2.04 bits per heavy atom. The van der Waals surface area contributed by atoms with Crippen LogP contribution in [0.5, 0.6) is 5.75 Å². The molecule has 1 fully saturated rings. The molecule has 0 aromatic carbocycles. The van der Waals surface area contributed by atoms with E-state index in [1.165, 1.54) is 0 Å². The van der Waals surface area contributed by atoms with Crippen molar-refractivity contribution in [2.24, 2.45) is 0 Å². The van der Waals surface area contributed by atoms with Gasteiger partial charge in [0.05, 0.1) is 11.7 Å². The molecule has 1 aromatic heterocycles. The summed E-state index contributed by atoms with van der Waals surface area (Å²) in [5.74, 6) is 0.781. The minimum Gasteiger partial charge on any atom is -0.487 e. The first-order chi connectivity index (χ1) is 10.8. The summed E-state index contributed by atoms with van der Waals surface area (Å²) in [7, 11) is 0. The van der Waals surface area contributed by atoms with Crippen LogP contribution in [0, 0.1) is 0 Å². The van der Waals surface area contributed by atoms with Crippen LogP contribution in [-0.4, -0.2) is 47.7 Å². The van der Waals surface area contributed by atoms with Crippen LogP contribution in [0.4, 0.5) is 19.0 Å². The van der Waals surface area contributed by atoms with Gasteiger partial charge in [-0.15, -0.1) is 0 Å². The molecule has 4 nitrogen and oxygen atoms in total. The van der Waals surface area contributed by atoms with E-state index in [1.807, 2.05) is 6.92 Å². The summed E-state index contributed by atoms with van der Waals surface area (Å²) in [6, 6.07) is 1.75. The van der Waals surface area contributed by atoms with Gasteiger partial charge in [0.2, 0.25) is 0 Å². The molecule has 2 aliphatic heterocycles. The second kappa shape index (κ2) is 5.85. The first-order valence-electron chi connectivity index (χ1n) is 8.00. The lowest BCUT2D eigenvalue weighted by molar-refractivity contribution is -0.137. The number of ether oxygens (including phenoxy) is 1. The van der Waals surface area contributed by atoms with Gasteiger partial charge in [-0.3, -0.25) is 4.90 Å². The summed E-state index contributed by atoms with van der Waals surface area (Å²) < 4.78 is 44.5. The number of rotatable bonds is 1. The Balaban J connectivity index is 1.94. The molecule has 0 aliphatic carbocycles. The number of piperazine rings is 1. The molecule has 7 heteroatoms. The van der Waals surface area contributed by atoms with Crippen LogP contribution < -0.4 is 9.64 Å². The molecule has 2 atom stereocenters. The SMILES string of the molecule is CC(C)N1CCN2c3ncc(C(F)(F)F)cc3O[C@@H](C)C[C@H]2C1. The van der Waals surface area contributed by atoms with Crippen molar-refractivity contribution in [1.82, 2.24) is 9.88 Å². The number of nitrogens with zero attached hydrogens (tertiary/aromatic N) is 3. The Bertz CT molecular complexity index is 576. The summed E-state index contributed by atoms with van der Waals surface area (Å²) >= 11 is 0. The number of hydrogen-bond acceptors (Lipinski definition) is 4. The second-order valence-electron chi connectivity index (χ2n) is 6.64. The van der Waals surface area contributed by atoms with Crippen LogP contribution in [-0.2, 0) is 6.18 Å². The lowest BCUT2D eigenvalue weighted by Gasteiger charge is -2.43. The van der Waals surface area contributed by atoms with Crippen LogP contribution >= 0.6 is 0 Å². The standard InChI is InChI=1S/C16H22F3N3O/c1-10(2)21-4-5-22-13(9-21)6-11(3)23-14-7-12(16(17,18)19)8-20-15(14)22/h7-8,10-11,13H,4-6,9H2,1-3H3/t11-,13-/m0/s1. The number of halogens is 3. The van der Waals surface area contributed by atoms with E-state index >= 15 is 0 Å². The predicted molar refractivity (Wildman–Crippen MR) is 81.8 cm³/mol. The number of hydrogen-bond donors (Lipinski definition) is 0. The van der Waals surface area contributed by atoms with Crippen molar-refractivity contribution in [3.8, 4) is 5.75 Å². The van der Waals surface area contributed by atoms with Crippen LogP contribution in [0.3, 0.4) is 0 Å². The zero-order valence-electron chi connectivity index (χ0n) is 13.6. The fourth-order valence-electron chi connectivity index (χ4n) is 3.37. The van der Waals surface area contributed by atoms with Gasteiger partial charge in [0.15, 0.2) is 11.6 Å². The summed E-state index contributed by atoms with van der Waals surface area (Å²) in [5.41, 5.74) is -0.761. The number of anilines is 1. The summed E-state index contributed by atoms with van der Waals surface area (Å²) in [6.45, 7) is 8.74. The molecular formula is C16H22F3N3O. The van der Waals surface area contributed by atoms with E-state index in [0.717, 1.165) is 38.3 Å². The van der Waals surface area contributed by atoms with E-state index in [0.29, 0.717) is 11.9 Å². The summed E-state index contributed by atoms with van der Waals surface area (Å²) in [6.07, 6.45) is -2.86. The maximum absolute atomic E-state index is 12.9. The maximum Gasteiger partial charge on any atom is 0.418 e. The third kappa shape index (κ3) is 3.24. The Labute approximate surface area is 134 Å². The highest BCUT2D eigenvalue weighted by Gasteiger charge is 2.37. The van der Waals surface area contributed by atoms with Crippen LogP contribution in [0.15, 0.2) is 12.3 Å². The average molecular weight is 329 g/mol. The molecule has 128 valence electrons. The molecule has 0 spiro atoms. The summed E-state index contributed by atoms with van der Waals surface area (Å²) in [5, 5.41) is 0. The van der Waals surface area contributed by atoms with Gasteiger partial charge in [0.1, 0.15) is 0 Å². The van der Waals surface area contributed by atoms with Crippen LogP contribution in [0.1, 0.15) is 32.8 Å². The quantitative estimate of drug-likeness (QED) is 0.791. The van der Waals surface area contributed by atoms with Crippen LogP contribution in [0.25, 0.3) is 0 Å². The molecule has 3 heterocycles. The third-order valence-corrected chi connectivity index (χ3v) is 4.61. The Kier molecular flexibility index (Phi) is 4.16. The lowest BCUT2D eigenvalue weighted by Crippen LogP contribution is -2.55. The van der Waals surface area contributed by atoms with Gasteiger partial charge in [0, 0.05) is 44.3 Å². The number of fused-ring (bicyclic) bond motifs is 3. The largest absolute Gasteiger partial charge is 0.487 e. The smallest absolute Gasteiger partial charge is 0.418 e. The van der Waals surface area contributed by atoms with E-state index in [1.54, 1.807) is 0 Å². The van der Waals surface area contributed by atoms with E-state index in [2.05, 4.69) is 28.6 Å².